The molecule has 94 valence electrons. The minimum atomic E-state index is -0.157. The standard InChI is InChI=1S/C12H11Cl2N3O/c1-16-4-5-17(8-16)7-12(18)15-11-6-9(13)2-3-10(11)14/h2-6,8H,7H2,1H3/p+1. The van der Waals surface area contributed by atoms with Crippen molar-refractivity contribution in [3.63, 3.8) is 0 Å². The van der Waals surface area contributed by atoms with Crippen LogP contribution in [-0.2, 0) is 18.4 Å². The number of imidazole rings is 1. The number of amides is 1. The zero-order chi connectivity index (χ0) is 13.1. The van der Waals surface area contributed by atoms with Gasteiger partial charge in [0, 0.05) is 5.02 Å². The second kappa shape index (κ2) is 5.42. The molecule has 0 fully saturated rings. The average molecular weight is 285 g/mol. The Morgan fingerprint density at radius 1 is 1.44 bits per heavy atom. The van der Waals surface area contributed by atoms with Crippen molar-refractivity contribution in [2.75, 3.05) is 5.32 Å². The van der Waals surface area contributed by atoms with Gasteiger partial charge in [-0.3, -0.25) is 4.79 Å². The van der Waals surface area contributed by atoms with Gasteiger partial charge in [0.2, 0.25) is 6.33 Å². The third-order valence-electron chi connectivity index (χ3n) is 2.35. The van der Waals surface area contributed by atoms with Crippen LogP contribution in [0.4, 0.5) is 5.69 Å². The molecule has 0 aliphatic heterocycles. The monoisotopic (exact) mass is 284 g/mol. The number of carbonyl (C=O) groups is 1. The third kappa shape index (κ3) is 3.24. The molecule has 0 atom stereocenters. The molecule has 0 saturated heterocycles. The molecule has 4 nitrogen and oxygen atoms in total. The largest absolute Gasteiger partial charge is 0.321 e. The van der Waals surface area contributed by atoms with Gasteiger partial charge >= 0.3 is 0 Å². The number of halogens is 2. The van der Waals surface area contributed by atoms with E-state index in [4.69, 9.17) is 23.2 Å². The number of aromatic nitrogens is 2. The van der Waals surface area contributed by atoms with E-state index >= 15 is 0 Å². The predicted octanol–water partition coefficient (Wildman–Crippen LogP) is 2.26. The Bertz CT molecular complexity index is 580. The van der Waals surface area contributed by atoms with E-state index in [9.17, 15) is 4.79 Å². The van der Waals surface area contributed by atoms with Gasteiger partial charge in [-0.15, -0.1) is 0 Å². The number of hydrogen-bond donors (Lipinski definition) is 1. The van der Waals surface area contributed by atoms with Crippen LogP contribution in [0.15, 0.2) is 36.9 Å². The SMILES string of the molecule is C[n+]1ccn(CC(=O)Nc2cc(Cl)ccc2Cl)c1. The maximum absolute atomic E-state index is 11.8. The number of nitrogens with one attached hydrogen (secondary N) is 1. The van der Waals surface area contributed by atoms with E-state index in [0.29, 0.717) is 15.7 Å². The van der Waals surface area contributed by atoms with Gasteiger partial charge in [0.25, 0.3) is 5.91 Å². The molecular formula is C12H12Cl2N3O+. The molecule has 6 heteroatoms. The smallest absolute Gasteiger partial charge is 0.266 e. The quantitative estimate of drug-likeness (QED) is 0.863. The van der Waals surface area contributed by atoms with E-state index in [0.717, 1.165) is 0 Å². The van der Waals surface area contributed by atoms with Crippen molar-refractivity contribution < 1.29 is 9.36 Å². The second-order valence-corrected chi connectivity index (χ2v) is 4.77. The molecule has 0 saturated carbocycles. The Morgan fingerprint density at radius 2 is 2.22 bits per heavy atom. The van der Waals surface area contributed by atoms with Crippen LogP contribution in [0.25, 0.3) is 0 Å². The topological polar surface area (TPSA) is 37.9 Å². The lowest BCUT2D eigenvalue weighted by Gasteiger charge is -2.06. The van der Waals surface area contributed by atoms with Crippen molar-refractivity contribution in [3.8, 4) is 0 Å². The summed E-state index contributed by atoms with van der Waals surface area (Å²) >= 11 is 11.8. The van der Waals surface area contributed by atoms with Gasteiger partial charge < -0.3 is 5.32 Å². The molecule has 2 aromatic rings. The van der Waals surface area contributed by atoms with E-state index in [-0.39, 0.29) is 12.5 Å². The highest BCUT2D eigenvalue weighted by Crippen LogP contribution is 2.25. The van der Waals surface area contributed by atoms with Gasteiger partial charge in [-0.1, -0.05) is 23.2 Å². The van der Waals surface area contributed by atoms with Crippen molar-refractivity contribution >= 4 is 34.8 Å². The summed E-state index contributed by atoms with van der Waals surface area (Å²) in [5, 5.41) is 3.72. The van der Waals surface area contributed by atoms with Crippen molar-refractivity contribution in [2.24, 2.45) is 7.05 Å². The van der Waals surface area contributed by atoms with E-state index in [1.807, 2.05) is 30.3 Å². The molecule has 0 unspecified atom stereocenters. The van der Waals surface area contributed by atoms with Gasteiger partial charge in [-0.05, 0) is 18.2 Å². The Balaban J connectivity index is 2.05. The fraction of sp³-hybridized carbons (Fsp3) is 0.167. The minimum Gasteiger partial charge on any atom is -0.321 e. The Morgan fingerprint density at radius 3 is 2.89 bits per heavy atom. The number of rotatable bonds is 3. The molecule has 0 spiro atoms. The van der Waals surface area contributed by atoms with Crippen LogP contribution >= 0.6 is 23.2 Å². The fourth-order valence-electron chi connectivity index (χ4n) is 1.54. The van der Waals surface area contributed by atoms with Crippen LogP contribution in [0, 0.1) is 0 Å². The maximum atomic E-state index is 11.8. The van der Waals surface area contributed by atoms with Gasteiger partial charge in [-0.2, -0.15) is 0 Å². The number of carbonyl (C=O) groups excluding carboxylic acids is 1. The molecule has 0 bridgehead atoms. The van der Waals surface area contributed by atoms with Crippen molar-refractivity contribution in [1.29, 1.82) is 0 Å². The van der Waals surface area contributed by atoms with E-state index in [1.165, 1.54) is 0 Å². The third-order valence-corrected chi connectivity index (χ3v) is 2.92. The molecular weight excluding hydrogens is 273 g/mol. The van der Waals surface area contributed by atoms with Crippen LogP contribution in [0.5, 0.6) is 0 Å². The first-order valence-electron chi connectivity index (χ1n) is 5.30. The highest BCUT2D eigenvalue weighted by atomic mass is 35.5. The van der Waals surface area contributed by atoms with Crippen LogP contribution in [-0.4, -0.2) is 10.5 Å². The van der Waals surface area contributed by atoms with E-state index < -0.39 is 0 Å². The average Bonchev–Trinajstić information content (AvgIpc) is 2.69. The molecule has 0 aliphatic rings. The van der Waals surface area contributed by atoms with Crippen molar-refractivity contribution in [3.05, 3.63) is 47.0 Å². The number of anilines is 1. The molecule has 1 aromatic heterocycles. The zero-order valence-electron chi connectivity index (χ0n) is 9.73. The molecule has 1 aromatic carbocycles. The van der Waals surface area contributed by atoms with Crippen LogP contribution in [0.2, 0.25) is 10.0 Å². The maximum Gasteiger partial charge on any atom is 0.266 e. The lowest BCUT2D eigenvalue weighted by atomic mass is 10.3. The van der Waals surface area contributed by atoms with E-state index in [2.05, 4.69) is 5.32 Å². The minimum absolute atomic E-state index is 0.157. The van der Waals surface area contributed by atoms with Crippen LogP contribution < -0.4 is 9.88 Å². The number of hydrogen-bond acceptors (Lipinski definition) is 1. The summed E-state index contributed by atoms with van der Waals surface area (Å²) in [6, 6.07) is 4.94. The first-order valence-corrected chi connectivity index (χ1v) is 6.06. The van der Waals surface area contributed by atoms with Gasteiger partial charge in [0.05, 0.1) is 17.8 Å². The Labute approximate surface area is 115 Å². The highest BCUT2D eigenvalue weighted by Gasteiger charge is 2.10. The lowest BCUT2D eigenvalue weighted by molar-refractivity contribution is -0.671. The molecule has 1 amide bonds. The normalized spacial score (nSPS) is 10.4. The number of benzene rings is 1. The molecule has 0 aliphatic carbocycles. The number of nitrogens with zero attached hydrogens (tertiary/aromatic N) is 2. The number of aryl methyl sites for hydroxylation is 1. The van der Waals surface area contributed by atoms with Crippen molar-refractivity contribution in [2.45, 2.75) is 6.54 Å². The molecule has 2 rings (SSSR count). The fourth-order valence-corrected chi connectivity index (χ4v) is 1.88. The first kappa shape index (κ1) is 12.9. The summed E-state index contributed by atoms with van der Waals surface area (Å²) in [5.74, 6) is -0.157. The highest BCUT2D eigenvalue weighted by molar-refractivity contribution is 6.35. The molecule has 1 N–H and O–H groups in total. The summed E-state index contributed by atoms with van der Waals surface area (Å²) in [6.07, 6.45) is 5.50. The lowest BCUT2D eigenvalue weighted by Crippen LogP contribution is -2.25. The summed E-state index contributed by atoms with van der Waals surface area (Å²) in [6.45, 7) is 0.226. The second-order valence-electron chi connectivity index (χ2n) is 3.92. The predicted molar refractivity (Wildman–Crippen MR) is 70.7 cm³/mol. The van der Waals surface area contributed by atoms with Crippen molar-refractivity contribution in [1.82, 2.24) is 4.57 Å². The van der Waals surface area contributed by atoms with E-state index in [1.54, 1.807) is 22.8 Å². The summed E-state index contributed by atoms with van der Waals surface area (Å²) in [7, 11) is 1.89. The van der Waals surface area contributed by atoms with Gasteiger partial charge in [-0.25, -0.2) is 9.13 Å². The summed E-state index contributed by atoms with van der Waals surface area (Å²) in [4.78, 5) is 11.8. The molecule has 1 heterocycles. The zero-order valence-corrected chi connectivity index (χ0v) is 11.2. The summed E-state index contributed by atoms with van der Waals surface area (Å²) in [5.41, 5.74) is 0.519. The molecule has 0 radical (unpaired) electrons. The molecule has 18 heavy (non-hydrogen) atoms. The first-order chi connectivity index (χ1) is 8.54. The van der Waals surface area contributed by atoms with Crippen LogP contribution in [0.3, 0.4) is 0 Å². The van der Waals surface area contributed by atoms with Gasteiger partial charge in [0.1, 0.15) is 12.4 Å². The Hall–Kier alpha value is -1.52. The Kier molecular flexibility index (Phi) is 3.89. The summed E-state index contributed by atoms with van der Waals surface area (Å²) < 4.78 is 3.63. The van der Waals surface area contributed by atoms with Gasteiger partial charge in [0.15, 0.2) is 6.54 Å². The van der Waals surface area contributed by atoms with Crippen LogP contribution in [0.1, 0.15) is 0 Å².